The summed E-state index contributed by atoms with van der Waals surface area (Å²) in [7, 11) is 0. The number of halogens is 2. The second-order valence-electron chi connectivity index (χ2n) is 2.58. The van der Waals surface area contributed by atoms with Gasteiger partial charge in [0.1, 0.15) is 0 Å². The Morgan fingerprint density at radius 1 is 1.50 bits per heavy atom. The van der Waals surface area contributed by atoms with Gasteiger partial charge in [-0.15, -0.1) is 0 Å². The largest absolute Gasteiger partial charge is 0.462 e. The van der Waals surface area contributed by atoms with Crippen molar-refractivity contribution in [3.63, 3.8) is 0 Å². The van der Waals surface area contributed by atoms with Gasteiger partial charge in [0, 0.05) is 5.69 Å². The van der Waals surface area contributed by atoms with Crippen LogP contribution in [0.15, 0.2) is 12.1 Å². The third-order valence-electron chi connectivity index (χ3n) is 1.55. The van der Waals surface area contributed by atoms with Gasteiger partial charge in [-0.05, 0) is 19.1 Å². The quantitative estimate of drug-likeness (QED) is 0.632. The van der Waals surface area contributed by atoms with Crippen LogP contribution in [0.1, 0.15) is 17.3 Å². The maximum absolute atomic E-state index is 11.3. The molecule has 5 heteroatoms. The lowest BCUT2D eigenvalue weighted by atomic mass is 10.2. The van der Waals surface area contributed by atoms with Crippen LogP contribution in [0, 0.1) is 0 Å². The molecule has 0 aliphatic carbocycles. The van der Waals surface area contributed by atoms with Crippen molar-refractivity contribution in [2.75, 3.05) is 12.3 Å². The summed E-state index contributed by atoms with van der Waals surface area (Å²) in [6.07, 6.45) is 0. The molecule has 0 heterocycles. The summed E-state index contributed by atoms with van der Waals surface area (Å²) in [5.74, 6) is -0.522. The number of hydrogen-bond acceptors (Lipinski definition) is 3. The van der Waals surface area contributed by atoms with Crippen LogP contribution in [0.4, 0.5) is 5.69 Å². The Hall–Kier alpha value is -0.930. The Labute approximate surface area is 91.7 Å². The Kier molecular flexibility index (Phi) is 3.61. The highest BCUT2D eigenvalue weighted by molar-refractivity contribution is 6.44. The molecule has 0 radical (unpaired) electrons. The number of ether oxygens (including phenoxy) is 1. The number of esters is 1. The fourth-order valence-corrected chi connectivity index (χ4v) is 1.38. The lowest BCUT2D eigenvalue weighted by molar-refractivity contribution is 0.0526. The van der Waals surface area contributed by atoms with E-state index in [1.54, 1.807) is 6.92 Å². The van der Waals surface area contributed by atoms with Crippen LogP contribution >= 0.6 is 23.2 Å². The van der Waals surface area contributed by atoms with Gasteiger partial charge in [0.05, 0.1) is 22.2 Å². The minimum absolute atomic E-state index is 0.166. The van der Waals surface area contributed by atoms with Crippen molar-refractivity contribution in [3.8, 4) is 0 Å². The van der Waals surface area contributed by atoms with Crippen molar-refractivity contribution in [2.24, 2.45) is 0 Å². The zero-order chi connectivity index (χ0) is 10.7. The second-order valence-corrected chi connectivity index (χ2v) is 3.37. The molecule has 0 aromatic heterocycles. The lowest BCUT2D eigenvalue weighted by Gasteiger charge is -2.06. The lowest BCUT2D eigenvalue weighted by Crippen LogP contribution is -2.06. The summed E-state index contributed by atoms with van der Waals surface area (Å²) in [5.41, 5.74) is 6.08. The van der Waals surface area contributed by atoms with Crippen LogP contribution in [-0.2, 0) is 4.74 Å². The highest BCUT2D eigenvalue weighted by Gasteiger charge is 2.14. The van der Waals surface area contributed by atoms with Crippen molar-refractivity contribution < 1.29 is 9.53 Å². The molecule has 0 fully saturated rings. The molecule has 76 valence electrons. The Morgan fingerprint density at radius 3 is 2.71 bits per heavy atom. The molecule has 0 aliphatic heterocycles. The van der Waals surface area contributed by atoms with E-state index < -0.39 is 5.97 Å². The van der Waals surface area contributed by atoms with E-state index >= 15 is 0 Å². The SMILES string of the molecule is CCOC(=O)c1cc(N)cc(Cl)c1Cl. The summed E-state index contributed by atoms with van der Waals surface area (Å²) >= 11 is 11.6. The number of nitrogen functional groups attached to an aromatic ring is 1. The molecule has 1 aromatic carbocycles. The van der Waals surface area contributed by atoms with Crippen LogP contribution in [0.2, 0.25) is 10.0 Å². The molecular weight excluding hydrogens is 225 g/mol. The van der Waals surface area contributed by atoms with Crippen LogP contribution < -0.4 is 5.73 Å². The van der Waals surface area contributed by atoms with E-state index in [0.29, 0.717) is 5.69 Å². The fraction of sp³-hybridized carbons (Fsp3) is 0.222. The summed E-state index contributed by atoms with van der Waals surface area (Å²) in [4.78, 5) is 11.3. The van der Waals surface area contributed by atoms with Crippen LogP contribution in [0.25, 0.3) is 0 Å². The van der Waals surface area contributed by atoms with Gasteiger partial charge in [-0.25, -0.2) is 4.79 Å². The van der Waals surface area contributed by atoms with E-state index in [4.69, 9.17) is 33.7 Å². The highest BCUT2D eigenvalue weighted by atomic mass is 35.5. The summed E-state index contributed by atoms with van der Waals surface area (Å²) in [6, 6.07) is 2.92. The first-order chi connectivity index (χ1) is 6.56. The number of anilines is 1. The van der Waals surface area contributed by atoms with Crippen LogP contribution in [0.3, 0.4) is 0 Å². The smallest absolute Gasteiger partial charge is 0.339 e. The summed E-state index contributed by atoms with van der Waals surface area (Å²) in [6.45, 7) is 1.99. The molecule has 0 spiro atoms. The van der Waals surface area contributed by atoms with Gasteiger partial charge in [-0.1, -0.05) is 23.2 Å². The van der Waals surface area contributed by atoms with E-state index in [1.807, 2.05) is 0 Å². The van der Waals surface area contributed by atoms with Crippen molar-refractivity contribution >= 4 is 34.9 Å². The molecule has 0 saturated heterocycles. The molecule has 0 aliphatic rings. The molecule has 0 bridgehead atoms. The normalized spacial score (nSPS) is 9.93. The second kappa shape index (κ2) is 4.53. The Balaban J connectivity index is 3.13. The number of nitrogens with two attached hydrogens (primary N) is 1. The third kappa shape index (κ3) is 2.30. The van der Waals surface area contributed by atoms with Gasteiger partial charge in [-0.2, -0.15) is 0 Å². The van der Waals surface area contributed by atoms with Gasteiger partial charge < -0.3 is 10.5 Å². The minimum Gasteiger partial charge on any atom is -0.462 e. The molecule has 1 aromatic rings. The zero-order valence-electron chi connectivity index (χ0n) is 7.51. The maximum Gasteiger partial charge on any atom is 0.339 e. The highest BCUT2D eigenvalue weighted by Crippen LogP contribution is 2.29. The molecule has 2 N–H and O–H groups in total. The zero-order valence-corrected chi connectivity index (χ0v) is 9.02. The third-order valence-corrected chi connectivity index (χ3v) is 2.35. The maximum atomic E-state index is 11.3. The molecule has 0 atom stereocenters. The fourth-order valence-electron chi connectivity index (χ4n) is 0.967. The van der Waals surface area contributed by atoms with Gasteiger partial charge in [0.25, 0.3) is 0 Å². The first-order valence-corrected chi connectivity index (χ1v) is 4.73. The van der Waals surface area contributed by atoms with Crippen molar-refractivity contribution in [2.45, 2.75) is 6.92 Å². The van der Waals surface area contributed by atoms with Crippen LogP contribution in [-0.4, -0.2) is 12.6 Å². The molecule has 0 amide bonds. The number of rotatable bonds is 2. The monoisotopic (exact) mass is 233 g/mol. The van der Waals surface area contributed by atoms with Gasteiger partial charge in [0.15, 0.2) is 0 Å². The summed E-state index contributed by atoms with van der Waals surface area (Å²) < 4.78 is 4.78. The van der Waals surface area contributed by atoms with Crippen molar-refractivity contribution in [3.05, 3.63) is 27.7 Å². The molecule has 0 unspecified atom stereocenters. The van der Waals surface area contributed by atoms with E-state index in [9.17, 15) is 4.79 Å². The van der Waals surface area contributed by atoms with Gasteiger partial charge >= 0.3 is 5.97 Å². The first kappa shape index (κ1) is 11.1. The van der Waals surface area contributed by atoms with E-state index in [1.165, 1.54) is 12.1 Å². The predicted octanol–water partition coefficient (Wildman–Crippen LogP) is 2.75. The predicted molar refractivity (Wildman–Crippen MR) is 56.8 cm³/mol. The topological polar surface area (TPSA) is 52.3 Å². The summed E-state index contributed by atoms with van der Waals surface area (Å²) in [5, 5.41) is 0.411. The number of hydrogen-bond donors (Lipinski definition) is 1. The molecule has 3 nitrogen and oxygen atoms in total. The standard InChI is InChI=1S/C9H9Cl2NO2/c1-2-14-9(13)6-3-5(12)4-7(10)8(6)11/h3-4H,2,12H2,1H3. The number of carbonyl (C=O) groups excluding carboxylic acids is 1. The average molecular weight is 234 g/mol. The van der Waals surface area contributed by atoms with Crippen molar-refractivity contribution in [1.29, 1.82) is 0 Å². The molecule has 0 saturated carbocycles. The van der Waals surface area contributed by atoms with E-state index in [0.717, 1.165) is 0 Å². The first-order valence-electron chi connectivity index (χ1n) is 3.98. The molecule has 14 heavy (non-hydrogen) atoms. The van der Waals surface area contributed by atoms with Crippen molar-refractivity contribution in [1.82, 2.24) is 0 Å². The van der Waals surface area contributed by atoms with E-state index in [-0.39, 0.29) is 22.2 Å². The minimum atomic E-state index is -0.522. The number of benzene rings is 1. The van der Waals surface area contributed by atoms with E-state index in [2.05, 4.69) is 0 Å². The number of carbonyl (C=O) groups is 1. The van der Waals surface area contributed by atoms with Gasteiger partial charge in [0.2, 0.25) is 0 Å². The van der Waals surface area contributed by atoms with Crippen LogP contribution in [0.5, 0.6) is 0 Å². The average Bonchev–Trinajstić information content (AvgIpc) is 2.11. The Morgan fingerprint density at radius 2 is 2.14 bits per heavy atom. The van der Waals surface area contributed by atoms with Gasteiger partial charge in [-0.3, -0.25) is 0 Å². The molecule has 1 rings (SSSR count). The Bertz CT molecular complexity index is 366. The molecular formula is C9H9Cl2NO2.